The van der Waals surface area contributed by atoms with Gasteiger partial charge in [-0.3, -0.25) is 19.3 Å². The summed E-state index contributed by atoms with van der Waals surface area (Å²) in [5.41, 5.74) is 0.740. The van der Waals surface area contributed by atoms with Gasteiger partial charge >= 0.3 is 5.97 Å². The molecule has 2 heterocycles. The zero-order chi connectivity index (χ0) is 24.5. The molecule has 7 nitrogen and oxygen atoms in total. The number of carboxylic acids is 1. The summed E-state index contributed by atoms with van der Waals surface area (Å²) >= 11 is 0. The quantitative estimate of drug-likeness (QED) is 0.592. The maximum Gasteiger partial charge on any atom is 0.323 e. The third-order valence-electron chi connectivity index (χ3n) is 9.27. The van der Waals surface area contributed by atoms with Crippen molar-refractivity contribution < 1.29 is 19.5 Å². The standard InChI is InChI=1S/C28H39N3O4/c1-29(28(35)25-10-2-3-11-26(25)30(18-32)17-27(33)34)23-15-21-8-5-9-22(16-23)31(21)24-13-19-6-4-7-20(12-19)14-24/h2-3,10-11,18-24H,4-9,12-17H2,1H3,(H,33,34). The van der Waals surface area contributed by atoms with Gasteiger partial charge in [0.25, 0.3) is 5.91 Å². The van der Waals surface area contributed by atoms with E-state index in [1.54, 1.807) is 24.3 Å². The van der Waals surface area contributed by atoms with Crippen molar-refractivity contribution in [3.63, 3.8) is 0 Å². The molecule has 1 aromatic carbocycles. The molecule has 4 fully saturated rings. The minimum absolute atomic E-state index is 0.137. The Balaban J connectivity index is 1.31. The first-order valence-electron chi connectivity index (χ1n) is 13.5. The lowest BCUT2D eigenvalue weighted by molar-refractivity contribution is -0.136. The first-order valence-corrected chi connectivity index (χ1v) is 13.5. The van der Waals surface area contributed by atoms with Crippen molar-refractivity contribution in [3.05, 3.63) is 29.8 Å². The SMILES string of the molecule is CN(C(=O)c1ccccc1N(C=O)CC(=O)O)C1CC2CCCC(C1)N2C1CC2CCCC(C2)C1. The average Bonchev–Trinajstić information content (AvgIpc) is 2.85. The molecule has 2 saturated heterocycles. The van der Waals surface area contributed by atoms with Crippen LogP contribution in [0.4, 0.5) is 5.69 Å². The van der Waals surface area contributed by atoms with E-state index in [-0.39, 0.29) is 11.9 Å². The Bertz CT molecular complexity index is 926. The highest BCUT2D eigenvalue weighted by Crippen LogP contribution is 2.46. The highest BCUT2D eigenvalue weighted by Gasteiger charge is 2.46. The zero-order valence-corrected chi connectivity index (χ0v) is 20.8. The Kier molecular flexibility index (Phi) is 7.14. The number of nitrogens with zero attached hydrogens (tertiary/aromatic N) is 3. The Labute approximate surface area is 208 Å². The molecule has 2 aliphatic carbocycles. The molecule has 35 heavy (non-hydrogen) atoms. The maximum absolute atomic E-state index is 13.6. The normalized spacial score (nSPS) is 32.5. The van der Waals surface area contributed by atoms with Gasteiger partial charge in [-0.15, -0.1) is 0 Å². The van der Waals surface area contributed by atoms with Gasteiger partial charge in [0.05, 0.1) is 11.3 Å². The van der Waals surface area contributed by atoms with E-state index in [1.165, 1.54) is 57.8 Å². The van der Waals surface area contributed by atoms with Crippen molar-refractivity contribution in [1.29, 1.82) is 0 Å². The first kappa shape index (κ1) is 24.3. The summed E-state index contributed by atoms with van der Waals surface area (Å²) in [6.07, 6.45) is 14.6. The number of piperidine rings is 2. The van der Waals surface area contributed by atoms with Crippen LogP contribution >= 0.6 is 0 Å². The number of carboxylic acid groups (broad SMARTS) is 1. The van der Waals surface area contributed by atoms with Gasteiger partial charge in [0.15, 0.2) is 0 Å². The molecule has 2 aliphatic heterocycles. The molecule has 4 aliphatic rings. The third-order valence-corrected chi connectivity index (χ3v) is 9.27. The number of carbonyl (C=O) groups excluding carboxylic acids is 2. The second kappa shape index (κ2) is 10.3. The van der Waals surface area contributed by atoms with E-state index in [1.807, 2.05) is 11.9 Å². The van der Waals surface area contributed by atoms with Crippen LogP contribution in [0.5, 0.6) is 0 Å². The summed E-state index contributed by atoms with van der Waals surface area (Å²) < 4.78 is 0. The van der Waals surface area contributed by atoms with Crippen LogP contribution in [0.3, 0.4) is 0 Å². The third kappa shape index (κ3) is 4.97. The van der Waals surface area contributed by atoms with Crippen LogP contribution < -0.4 is 4.90 Å². The molecule has 0 radical (unpaired) electrons. The first-order chi connectivity index (χ1) is 16.9. The van der Waals surface area contributed by atoms with Gasteiger partial charge in [-0.1, -0.05) is 37.8 Å². The van der Waals surface area contributed by atoms with Crippen LogP contribution in [0.1, 0.15) is 81.0 Å². The zero-order valence-electron chi connectivity index (χ0n) is 20.8. The average molecular weight is 482 g/mol. The number of rotatable bonds is 7. The number of anilines is 1. The number of benzene rings is 1. The maximum atomic E-state index is 13.6. The minimum atomic E-state index is -1.11. The van der Waals surface area contributed by atoms with Gasteiger partial charge in [0.2, 0.25) is 6.41 Å². The molecule has 2 saturated carbocycles. The number of para-hydroxylation sites is 1. The van der Waals surface area contributed by atoms with E-state index in [0.717, 1.165) is 29.6 Å². The van der Waals surface area contributed by atoms with E-state index in [2.05, 4.69) is 4.90 Å². The summed E-state index contributed by atoms with van der Waals surface area (Å²) in [7, 11) is 1.88. The van der Waals surface area contributed by atoms with Gasteiger partial charge in [0, 0.05) is 31.2 Å². The van der Waals surface area contributed by atoms with Crippen LogP contribution in [-0.2, 0) is 9.59 Å². The predicted octanol–water partition coefficient (Wildman–Crippen LogP) is 4.16. The molecule has 1 aromatic rings. The van der Waals surface area contributed by atoms with Gasteiger partial charge in [-0.2, -0.15) is 0 Å². The number of hydrogen-bond acceptors (Lipinski definition) is 4. The molecular weight excluding hydrogens is 442 g/mol. The summed E-state index contributed by atoms with van der Waals surface area (Å²) in [6.45, 7) is -0.469. The van der Waals surface area contributed by atoms with Gasteiger partial charge in [-0.25, -0.2) is 0 Å². The second-order valence-corrected chi connectivity index (χ2v) is 11.4. The van der Waals surface area contributed by atoms with Gasteiger partial charge in [-0.05, 0) is 68.9 Å². The van der Waals surface area contributed by atoms with Crippen LogP contribution in [0.2, 0.25) is 0 Å². The molecule has 5 rings (SSSR count). The molecule has 190 valence electrons. The van der Waals surface area contributed by atoms with Crippen molar-refractivity contribution in [1.82, 2.24) is 9.80 Å². The fourth-order valence-corrected chi connectivity index (χ4v) is 7.83. The predicted molar refractivity (Wildman–Crippen MR) is 134 cm³/mol. The van der Waals surface area contributed by atoms with Crippen molar-refractivity contribution >= 4 is 24.0 Å². The second-order valence-electron chi connectivity index (χ2n) is 11.4. The topological polar surface area (TPSA) is 81.2 Å². The molecule has 4 bridgehead atoms. The van der Waals surface area contributed by atoms with Crippen molar-refractivity contribution in [3.8, 4) is 0 Å². The Morgan fingerprint density at radius 1 is 0.943 bits per heavy atom. The van der Waals surface area contributed by atoms with E-state index < -0.39 is 12.5 Å². The van der Waals surface area contributed by atoms with E-state index in [0.29, 0.717) is 35.8 Å². The van der Waals surface area contributed by atoms with Crippen LogP contribution in [0.15, 0.2) is 24.3 Å². The number of carbonyl (C=O) groups is 3. The number of hydrogen-bond donors (Lipinski definition) is 1. The van der Waals surface area contributed by atoms with E-state index in [9.17, 15) is 19.5 Å². The molecule has 7 heteroatoms. The molecule has 2 amide bonds. The summed E-state index contributed by atoms with van der Waals surface area (Å²) in [5.74, 6) is 0.581. The molecule has 1 N–H and O–H groups in total. The van der Waals surface area contributed by atoms with Gasteiger partial charge in [0.1, 0.15) is 6.54 Å². The van der Waals surface area contributed by atoms with Crippen molar-refractivity contribution in [2.75, 3.05) is 18.5 Å². The van der Waals surface area contributed by atoms with Gasteiger partial charge < -0.3 is 14.9 Å². The molecule has 0 aromatic heterocycles. The lowest BCUT2D eigenvalue weighted by Gasteiger charge is -2.56. The Morgan fingerprint density at radius 3 is 2.20 bits per heavy atom. The fraction of sp³-hybridized carbons (Fsp3) is 0.679. The number of aliphatic carboxylic acids is 1. The summed E-state index contributed by atoms with van der Waals surface area (Å²) in [5, 5.41) is 9.19. The monoisotopic (exact) mass is 481 g/mol. The number of fused-ring (bicyclic) bond motifs is 4. The van der Waals surface area contributed by atoms with E-state index >= 15 is 0 Å². The minimum Gasteiger partial charge on any atom is -0.480 e. The largest absolute Gasteiger partial charge is 0.480 e. The molecule has 4 unspecified atom stereocenters. The molecule has 4 atom stereocenters. The highest BCUT2D eigenvalue weighted by molar-refractivity contribution is 6.02. The Hall–Kier alpha value is -2.41. The smallest absolute Gasteiger partial charge is 0.323 e. The lowest BCUT2D eigenvalue weighted by atomic mass is 9.68. The van der Waals surface area contributed by atoms with Crippen LogP contribution in [-0.4, -0.2) is 71.0 Å². The van der Waals surface area contributed by atoms with Crippen molar-refractivity contribution in [2.24, 2.45) is 11.8 Å². The van der Waals surface area contributed by atoms with Crippen LogP contribution in [0.25, 0.3) is 0 Å². The van der Waals surface area contributed by atoms with E-state index in [4.69, 9.17) is 0 Å². The van der Waals surface area contributed by atoms with Crippen LogP contribution in [0, 0.1) is 11.8 Å². The van der Waals surface area contributed by atoms with Crippen molar-refractivity contribution in [2.45, 2.75) is 94.8 Å². The molecular formula is C28H39N3O4. The summed E-state index contributed by atoms with van der Waals surface area (Å²) in [6, 6.07) is 8.81. The molecule has 0 spiro atoms. The highest BCUT2D eigenvalue weighted by atomic mass is 16.4. The lowest BCUT2D eigenvalue weighted by Crippen LogP contribution is -2.61. The number of amides is 2. The fourth-order valence-electron chi connectivity index (χ4n) is 7.83. The summed E-state index contributed by atoms with van der Waals surface area (Å²) in [4.78, 5) is 42.3. The Morgan fingerprint density at radius 2 is 1.57 bits per heavy atom.